The van der Waals surface area contributed by atoms with Crippen LogP contribution in [0, 0.1) is 5.92 Å². The molecule has 0 bridgehead atoms. The van der Waals surface area contributed by atoms with Gasteiger partial charge in [0, 0.05) is 23.5 Å². The van der Waals surface area contributed by atoms with Crippen LogP contribution in [0.4, 0.5) is 5.95 Å². The summed E-state index contributed by atoms with van der Waals surface area (Å²) < 4.78 is 2.17. The Morgan fingerprint density at radius 1 is 1.27 bits per heavy atom. The first-order valence-corrected chi connectivity index (χ1v) is 12.8. The van der Waals surface area contributed by atoms with E-state index in [1.54, 1.807) is 0 Å². The van der Waals surface area contributed by atoms with Crippen LogP contribution in [0.1, 0.15) is 54.8 Å². The molecular weight excluding hydrogens is 418 g/mol. The van der Waals surface area contributed by atoms with Crippen molar-refractivity contribution < 1.29 is 4.79 Å². The van der Waals surface area contributed by atoms with Crippen LogP contribution in [0.2, 0.25) is 0 Å². The highest BCUT2D eigenvalue weighted by molar-refractivity contribution is 7.99. The molecule has 2 aromatic rings. The smallest absolute Gasteiger partial charge is 0.249 e. The predicted molar refractivity (Wildman–Crippen MR) is 118 cm³/mol. The van der Waals surface area contributed by atoms with E-state index in [9.17, 15) is 4.79 Å². The number of nitrogens with one attached hydrogen (secondary N) is 2. The summed E-state index contributed by atoms with van der Waals surface area (Å²) in [5, 5.41) is 16.7. The molecule has 1 unspecified atom stereocenters. The lowest BCUT2D eigenvalue weighted by Crippen LogP contribution is -2.39. The summed E-state index contributed by atoms with van der Waals surface area (Å²) in [5.41, 5.74) is 6.30. The first-order valence-electron chi connectivity index (χ1n) is 11.0. The Balaban J connectivity index is 1.34. The number of piperidine rings is 1. The van der Waals surface area contributed by atoms with Gasteiger partial charge in [-0.2, -0.15) is 0 Å². The van der Waals surface area contributed by atoms with Gasteiger partial charge in [0.25, 0.3) is 0 Å². The average Bonchev–Trinajstić information content (AvgIpc) is 3.48. The number of aromatic nitrogens is 3. The Morgan fingerprint density at radius 3 is 3.00 bits per heavy atom. The summed E-state index contributed by atoms with van der Waals surface area (Å²) in [6.45, 7) is 4.85. The molecule has 2 aromatic heterocycles. The number of hydrogen-bond donors (Lipinski definition) is 2. The van der Waals surface area contributed by atoms with Gasteiger partial charge in [-0.25, -0.2) is 9.99 Å². The standard InChI is InChI=1S/C20H27N7OS2/c1-12-5-6-14-13(9-12)16-17-21-11-22-27(17)19-23-24-20(26(19)18(16)30-14)29-10-15(28)25-7-3-2-4-8-25/h12,17,21-22H,2-11H2,1H3/t12-,17?/m1/s1. The van der Waals surface area contributed by atoms with Crippen molar-refractivity contribution in [1.82, 2.24) is 30.4 Å². The zero-order valence-corrected chi connectivity index (χ0v) is 18.8. The van der Waals surface area contributed by atoms with Crippen LogP contribution < -0.4 is 15.8 Å². The number of nitrogens with zero attached hydrogens (tertiary/aromatic N) is 5. The quantitative estimate of drug-likeness (QED) is 0.703. The summed E-state index contributed by atoms with van der Waals surface area (Å²) >= 11 is 3.41. The Kier molecular flexibility index (Phi) is 4.78. The van der Waals surface area contributed by atoms with E-state index in [2.05, 4.69) is 37.4 Å². The number of likely N-dealkylation sites (tertiary alicyclic amines) is 1. The number of aryl methyl sites for hydroxylation is 1. The molecule has 2 fully saturated rings. The molecule has 2 N–H and O–H groups in total. The number of amides is 1. The van der Waals surface area contributed by atoms with Gasteiger partial charge in [0.05, 0.1) is 12.4 Å². The lowest BCUT2D eigenvalue weighted by Gasteiger charge is -2.31. The SMILES string of the molecule is C[C@@H]1CCc2sc3c(c2C1)C1NCNN1c1nnc(SCC(=O)N2CCCCC2)n1-3. The summed E-state index contributed by atoms with van der Waals surface area (Å²) in [5.74, 6) is 2.17. The number of rotatable bonds is 3. The highest BCUT2D eigenvalue weighted by atomic mass is 32.2. The van der Waals surface area contributed by atoms with Gasteiger partial charge in [-0.1, -0.05) is 18.7 Å². The zero-order valence-electron chi connectivity index (χ0n) is 17.2. The van der Waals surface area contributed by atoms with Crippen molar-refractivity contribution in [2.45, 2.75) is 56.8 Å². The van der Waals surface area contributed by atoms with Crippen LogP contribution >= 0.6 is 23.1 Å². The first-order chi connectivity index (χ1) is 14.7. The van der Waals surface area contributed by atoms with Crippen LogP contribution in [0.5, 0.6) is 0 Å². The van der Waals surface area contributed by atoms with Gasteiger partial charge in [0.15, 0.2) is 5.16 Å². The minimum absolute atomic E-state index is 0.106. The van der Waals surface area contributed by atoms with Crippen LogP contribution in [0.15, 0.2) is 5.16 Å². The van der Waals surface area contributed by atoms with Gasteiger partial charge in [-0.15, -0.1) is 21.5 Å². The van der Waals surface area contributed by atoms with Crippen LogP contribution in [-0.4, -0.2) is 51.1 Å². The molecule has 30 heavy (non-hydrogen) atoms. The monoisotopic (exact) mass is 445 g/mol. The number of carbonyl (C=O) groups excluding carboxylic acids is 1. The third kappa shape index (κ3) is 2.99. The van der Waals surface area contributed by atoms with Crippen molar-refractivity contribution in [2.75, 3.05) is 30.5 Å². The fourth-order valence-electron chi connectivity index (χ4n) is 5.09. The van der Waals surface area contributed by atoms with Crippen molar-refractivity contribution in [1.29, 1.82) is 0 Å². The van der Waals surface area contributed by atoms with E-state index in [0.717, 1.165) is 55.8 Å². The highest BCUT2D eigenvalue weighted by Gasteiger charge is 2.42. The van der Waals surface area contributed by atoms with E-state index in [0.29, 0.717) is 12.4 Å². The Morgan fingerprint density at radius 2 is 2.13 bits per heavy atom. The predicted octanol–water partition coefficient (Wildman–Crippen LogP) is 2.44. The molecule has 5 heterocycles. The van der Waals surface area contributed by atoms with Gasteiger partial charge in [-0.05, 0) is 50.0 Å². The van der Waals surface area contributed by atoms with Crippen molar-refractivity contribution in [3.8, 4) is 5.00 Å². The van der Waals surface area contributed by atoms with Crippen molar-refractivity contribution >= 4 is 35.0 Å². The molecule has 3 aliphatic heterocycles. The largest absolute Gasteiger partial charge is 0.342 e. The number of thioether (sulfide) groups is 1. The third-order valence-electron chi connectivity index (χ3n) is 6.67. The third-order valence-corrected chi connectivity index (χ3v) is 8.88. The van der Waals surface area contributed by atoms with Gasteiger partial charge >= 0.3 is 0 Å². The van der Waals surface area contributed by atoms with Gasteiger partial charge in [0.1, 0.15) is 11.2 Å². The maximum atomic E-state index is 12.7. The lowest BCUT2D eigenvalue weighted by atomic mass is 9.87. The Bertz CT molecular complexity index is 980. The summed E-state index contributed by atoms with van der Waals surface area (Å²) in [4.78, 5) is 16.2. The fraction of sp³-hybridized carbons (Fsp3) is 0.650. The first kappa shape index (κ1) is 19.1. The van der Waals surface area contributed by atoms with E-state index >= 15 is 0 Å². The molecule has 160 valence electrons. The molecule has 2 atom stereocenters. The van der Waals surface area contributed by atoms with Crippen LogP contribution in [0.25, 0.3) is 5.00 Å². The molecule has 6 rings (SSSR count). The van der Waals surface area contributed by atoms with E-state index in [4.69, 9.17) is 0 Å². The number of anilines is 1. The number of carbonyl (C=O) groups is 1. The van der Waals surface area contributed by atoms with Crippen LogP contribution in [0.3, 0.4) is 0 Å². The number of hydrazine groups is 1. The zero-order chi connectivity index (χ0) is 20.2. The van der Waals surface area contributed by atoms with E-state index < -0.39 is 0 Å². The number of fused-ring (bicyclic) bond motifs is 8. The van der Waals surface area contributed by atoms with Gasteiger partial charge in [0.2, 0.25) is 11.9 Å². The molecule has 10 heteroatoms. The van der Waals surface area contributed by atoms with Gasteiger partial charge < -0.3 is 4.90 Å². The second-order valence-electron chi connectivity index (χ2n) is 8.73. The summed E-state index contributed by atoms with van der Waals surface area (Å²) in [6, 6.07) is 0. The maximum absolute atomic E-state index is 12.7. The molecule has 2 saturated heterocycles. The minimum atomic E-state index is 0.106. The molecule has 0 aromatic carbocycles. The second-order valence-corrected chi connectivity index (χ2v) is 10.8. The molecule has 8 nitrogen and oxygen atoms in total. The number of hydrogen-bond acceptors (Lipinski definition) is 8. The van der Waals surface area contributed by atoms with E-state index in [1.807, 2.05) is 16.2 Å². The van der Waals surface area contributed by atoms with Crippen molar-refractivity contribution in [3.05, 3.63) is 16.0 Å². The molecule has 4 aliphatic rings. The summed E-state index contributed by atoms with van der Waals surface area (Å²) in [6.07, 6.45) is 7.13. The fourth-order valence-corrected chi connectivity index (χ4v) is 7.36. The topological polar surface area (TPSA) is 78.3 Å². The van der Waals surface area contributed by atoms with Crippen LogP contribution in [-0.2, 0) is 17.6 Å². The van der Waals surface area contributed by atoms with Crippen molar-refractivity contribution in [2.24, 2.45) is 5.92 Å². The molecular formula is C20H27N7OS2. The normalized spacial score (nSPS) is 25.0. The molecule has 1 amide bonds. The van der Waals surface area contributed by atoms with E-state index in [-0.39, 0.29) is 12.1 Å². The van der Waals surface area contributed by atoms with Crippen molar-refractivity contribution in [3.63, 3.8) is 0 Å². The molecule has 1 aliphatic carbocycles. The van der Waals surface area contributed by atoms with Gasteiger partial charge in [-0.3, -0.25) is 15.1 Å². The molecule has 0 radical (unpaired) electrons. The van der Waals surface area contributed by atoms with E-state index in [1.165, 1.54) is 45.6 Å². The molecule has 0 saturated carbocycles. The Labute approximate surface area is 184 Å². The minimum Gasteiger partial charge on any atom is -0.342 e. The second kappa shape index (κ2) is 7.51. The highest BCUT2D eigenvalue weighted by Crippen LogP contribution is 2.48. The Hall–Kier alpha value is -1.62. The average molecular weight is 446 g/mol. The summed E-state index contributed by atoms with van der Waals surface area (Å²) in [7, 11) is 0. The molecule has 0 spiro atoms. The number of thiophene rings is 1. The lowest BCUT2D eigenvalue weighted by molar-refractivity contribution is -0.129. The maximum Gasteiger partial charge on any atom is 0.249 e.